The molecule has 7 heteroatoms. The van der Waals surface area contributed by atoms with Gasteiger partial charge >= 0.3 is 0 Å². The van der Waals surface area contributed by atoms with Gasteiger partial charge in [-0.3, -0.25) is 0 Å². The van der Waals surface area contributed by atoms with E-state index in [1.807, 2.05) is 16.8 Å². The SMILES string of the molecule is CCNCCn1nnnc1SCC1Cc2ccccc2O1. The quantitative estimate of drug-likeness (QED) is 0.616. The van der Waals surface area contributed by atoms with Crippen LogP contribution in [0.15, 0.2) is 29.4 Å². The Hall–Kier alpha value is -1.60. The average molecular weight is 305 g/mol. The Bertz CT molecular complexity index is 563. The Kier molecular flexibility index (Phi) is 4.72. The van der Waals surface area contributed by atoms with Crippen LogP contribution < -0.4 is 10.1 Å². The van der Waals surface area contributed by atoms with Crippen LogP contribution in [0.2, 0.25) is 0 Å². The summed E-state index contributed by atoms with van der Waals surface area (Å²) in [4.78, 5) is 0. The van der Waals surface area contributed by atoms with E-state index >= 15 is 0 Å². The van der Waals surface area contributed by atoms with Crippen molar-refractivity contribution >= 4 is 11.8 Å². The number of aromatic nitrogens is 4. The molecular formula is C14H19N5OS. The molecule has 0 amide bonds. The number of para-hydroxylation sites is 1. The van der Waals surface area contributed by atoms with Gasteiger partial charge in [0.15, 0.2) is 0 Å². The third-order valence-corrected chi connectivity index (χ3v) is 4.45. The first kappa shape index (κ1) is 14.3. The predicted octanol–water partition coefficient (Wildman–Crippen LogP) is 1.38. The highest BCUT2D eigenvalue weighted by atomic mass is 32.2. The van der Waals surface area contributed by atoms with Gasteiger partial charge in [0.1, 0.15) is 11.9 Å². The summed E-state index contributed by atoms with van der Waals surface area (Å²) in [6.07, 6.45) is 1.16. The number of fused-ring (bicyclic) bond motifs is 1. The highest BCUT2D eigenvalue weighted by molar-refractivity contribution is 7.99. The zero-order chi connectivity index (χ0) is 14.5. The summed E-state index contributed by atoms with van der Waals surface area (Å²) in [5.74, 6) is 1.87. The third-order valence-electron chi connectivity index (χ3n) is 3.36. The van der Waals surface area contributed by atoms with Crippen molar-refractivity contribution in [1.82, 2.24) is 25.5 Å². The van der Waals surface area contributed by atoms with Gasteiger partial charge < -0.3 is 10.1 Å². The summed E-state index contributed by atoms with van der Waals surface area (Å²) in [6, 6.07) is 8.22. The number of tetrazole rings is 1. The fourth-order valence-electron chi connectivity index (χ4n) is 2.32. The lowest BCUT2D eigenvalue weighted by molar-refractivity contribution is 0.259. The van der Waals surface area contributed by atoms with Crippen molar-refractivity contribution in [2.24, 2.45) is 0 Å². The number of thioether (sulfide) groups is 1. The zero-order valence-electron chi connectivity index (χ0n) is 12.0. The van der Waals surface area contributed by atoms with E-state index in [9.17, 15) is 0 Å². The fourth-order valence-corrected chi connectivity index (χ4v) is 3.21. The van der Waals surface area contributed by atoms with Crippen LogP contribution >= 0.6 is 11.8 Å². The number of benzene rings is 1. The predicted molar refractivity (Wildman–Crippen MR) is 81.6 cm³/mol. The van der Waals surface area contributed by atoms with E-state index in [2.05, 4.69) is 39.9 Å². The molecule has 1 N–H and O–H groups in total. The number of hydrogen-bond donors (Lipinski definition) is 1. The first-order valence-corrected chi connectivity index (χ1v) is 8.19. The molecule has 3 rings (SSSR count). The van der Waals surface area contributed by atoms with Crippen molar-refractivity contribution in [1.29, 1.82) is 0 Å². The maximum Gasteiger partial charge on any atom is 0.209 e. The summed E-state index contributed by atoms with van der Waals surface area (Å²) in [7, 11) is 0. The lowest BCUT2D eigenvalue weighted by atomic mass is 10.1. The second-order valence-electron chi connectivity index (χ2n) is 4.90. The first-order valence-electron chi connectivity index (χ1n) is 7.21. The molecule has 0 bridgehead atoms. The zero-order valence-corrected chi connectivity index (χ0v) is 12.8. The van der Waals surface area contributed by atoms with Crippen LogP contribution in [0.5, 0.6) is 5.75 Å². The summed E-state index contributed by atoms with van der Waals surface area (Å²) in [5, 5.41) is 16.0. The number of hydrogen-bond acceptors (Lipinski definition) is 6. The Labute approximate surface area is 128 Å². The fraction of sp³-hybridized carbons (Fsp3) is 0.500. The number of ether oxygens (including phenoxy) is 1. The molecule has 1 aliphatic rings. The van der Waals surface area contributed by atoms with Crippen molar-refractivity contribution in [2.75, 3.05) is 18.8 Å². The minimum absolute atomic E-state index is 0.200. The molecule has 1 aromatic carbocycles. The van der Waals surface area contributed by atoms with E-state index in [0.29, 0.717) is 0 Å². The summed E-state index contributed by atoms with van der Waals surface area (Å²) < 4.78 is 7.78. The molecular weight excluding hydrogens is 286 g/mol. The van der Waals surface area contributed by atoms with Crippen molar-refractivity contribution in [3.63, 3.8) is 0 Å². The first-order chi connectivity index (χ1) is 10.4. The van der Waals surface area contributed by atoms with Gasteiger partial charge in [-0.25, -0.2) is 4.68 Å². The highest BCUT2D eigenvalue weighted by Crippen LogP contribution is 2.30. The normalized spacial score (nSPS) is 16.7. The summed E-state index contributed by atoms with van der Waals surface area (Å²) >= 11 is 1.65. The second kappa shape index (κ2) is 6.91. The maximum absolute atomic E-state index is 5.93. The van der Waals surface area contributed by atoms with Crippen LogP contribution in [0.4, 0.5) is 0 Å². The monoisotopic (exact) mass is 305 g/mol. The molecule has 1 aromatic heterocycles. The van der Waals surface area contributed by atoms with Crippen molar-refractivity contribution in [2.45, 2.75) is 31.1 Å². The van der Waals surface area contributed by atoms with Crippen molar-refractivity contribution in [3.05, 3.63) is 29.8 Å². The van der Waals surface area contributed by atoms with Gasteiger partial charge in [-0.15, -0.1) is 5.10 Å². The topological polar surface area (TPSA) is 64.9 Å². The Morgan fingerprint density at radius 2 is 2.33 bits per heavy atom. The van der Waals surface area contributed by atoms with E-state index in [-0.39, 0.29) is 6.10 Å². The van der Waals surface area contributed by atoms with Crippen molar-refractivity contribution in [3.8, 4) is 5.75 Å². The van der Waals surface area contributed by atoms with Gasteiger partial charge in [-0.05, 0) is 28.6 Å². The van der Waals surface area contributed by atoms with Gasteiger partial charge in [0, 0.05) is 18.7 Å². The van der Waals surface area contributed by atoms with Gasteiger partial charge in [0.25, 0.3) is 0 Å². The van der Waals surface area contributed by atoms with E-state index < -0.39 is 0 Å². The molecule has 0 aliphatic carbocycles. The third kappa shape index (κ3) is 3.54. The van der Waals surface area contributed by atoms with Crippen LogP contribution in [0.25, 0.3) is 0 Å². The molecule has 0 radical (unpaired) electrons. The minimum atomic E-state index is 0.200. The van der Waals surface area contributed by atoms with Crippen LogP contribution in [0, 0.1) is 0 Å². The van der Waals surface area contributed by atoms with E-state index in [1.165, 1.54) is 5.56 Å². The van der Waals surface area contributed by atoms with E-state index in [4.69, 9.17) is 4.74 Å². The number of nitrogens with zero attached hydrogens (tertiary/aromatic N) is 4. The Balaban J connectivity index is 1.51. The molecule has 21 heavy (non-hydrogen) atoms. The molecule has 1 atom stereocenters. The lowest BCUT2D eigenvalue weighted by Crippen LogP contribution is -2.21. The molecule has 6 nitrogen and oxygen atoms in total. The minimum Gasteiger partial charge on any atom is -0.489 e. The lowest BCUT2D eigenvalue weighted by Gasteiger charge is -2.10. The van der Waals surface area contributed by atoms with Crippen LogP contribution in [-0.4, -0.2) is 45.2 Å². The van der Waals surface area contributed by atoms with Crippen LogP contribution in [0.3, 0.4) is 0 Å². The molecule has 0 saturated carbocycles. The molecule has 0 spiro atoms. The highest BCUT2D eigenvalue weighted by Gasteiger charge is 2.23. The molecule has 112 valence electrons. The molecule has 0 saturated heterocycles. The van der Waals surface area contributed by atoms with Gasteiger partial charge in [0.05, 0.1) is 6.54 Å². The smallest absolute Gasteiger partial charge is 0.209 e. The van der Waals surface area contributed by atoms with Crippen molar-refractivity contribution < 1.29 is 4.74 Å². The summed E-state index contributed by atoms with van der Waals surface area (Å²) in [5.41, 5.74) is 1.29. The summed E-state index contributed by atoms with van der Waals surface area (Å²) in [6.45, 7) is 4.71. The molecule has 2 aromatic rings. The molecule has 1 aliphatic heterocycles. The Morgan fingerprint density at radius 3 is 3.19 bits per heavy atom. The number of nitrogens with one attached hydrogen (secondary N) is 1. The standard InChI is InChI=1S/C14H19N5OS/c1-2-15-7-8-19-14(16-17-18-19)21-10-12-9-11-5-3-4-6-13(11)20-12/h3-6,12,15H,2,7-10H2,1H3. The Morgan fingerprint density at radius 1 is 1.43 bits per heavy atom. The van der Waals surface area contributed by atoms with Crippen LogP contribution in [-0.2, 0) is 13.0 Å². The van der Waals surface area contributed by atoms with Gasteiger partial charge in [0.2, 0.25) is 5.16 Å². The number of rotatable bonds is 7. The largest absolute Gasteiger partial charge is 0.489 e. The second-order valence-corrected chi connectivity index (χ2v) is 5.89. The molecule has 0 fully saturated rings. The number of likely N-dealkylation sites (N-methyl/N-ethyl adjacent to an activating group) is 1. The molecule has 2 heterocycles. The average Bonchev–Trinajstić information content (AvgIpc) is 3.11. The van der Waals surface area contributed by atoms with Gasteiger partial charge in [-0.1, -0.05) is 36.9 Å². The van der Waals surface area contributed by atoms with E-state index in [0.717, 1.165) is 42.7 Å². The molecule has 1 unspecified atom stereocenters. The maximum atomic E-state index is 5.93. The van der Waals surface area contributed by atoms with Crippen LogP contribution in [0.1, 0.15) is 12.5 Å². The van der Waals surface area contributed by atoms with Gasteiger partial charge in [-0.2, -0.15) is 0 Å². The van der Waals surface area contributed by atoms with E-state index in [1.54, 1.807) is 11.8 Å².